The van der Waals surface area contributed by atoms with Gasteiger partial charge in [0.2, 0.25) is 0 Å². The first-order chi connectivity index (χ1) is 14.4. The Morgan fingerprint density at radius 1 is 0.759 bits per heavy atom. The van der Waals surface area contributed by atoms with E-state index in [-0.39, 0.29) is 5.41 Å². The van der Waals surface area contributed by atoms with E-state index in [2.05, 4.69) is 91.0 Å². The summed E-state index contributed by atoms with van der Waals surface area (Å²) < 4.78 is 0. The Bertz CT molecular complexity index is 1390. The molecule has 1 spiro atoms. The average molecular weight is 369 g/mol. The lowest BCUT2D eigenvalue weighted by Gasteiger charge is -2.43. The Morgan fingerprint density at radius 2 is 1.55 bits per heavy atom. The van der Waals surface area contributed by atoms with Crippen molar-refractivity contribution < 1.29 is 0 Å². The molecule has 0 radical (unpaired) electrons. The molecule has 1 nitrogen and oxygen atoms in total. The van der Waals surface area contributed by atoms with Crippen LogP contribution in [0.4, 0.5) is 0 Å². The average Bonchev–Trinajstić information content (AvgIpc) is 3.09. The van der Waals surface area contributed by atoms with Crippen molar-refractivity contribution in [1.82, 2.24) is 4.98 Å². The highest BCUT2D eigenvalue weighted by atomic mass is 14.7. The van der Waals surface area contributed by atoms with Gasteiger partial charge in [0, 0.05) is 12.1 Å². The number of nitrogens with zero attached hydrogens (tertiary/aromatic N) is 1. The lowest BCUT2D eigenvalue weighted by Crippen LogP contribution is -2.37. The van der Waals surface area contributed by atoms with Crippen LogP contribution >= 0.6 is 0 Å². The molecule has 4 aromatic rings. The van der Waals surface area contributed by atoms with Crippen molar-refractivity contribution in [3.8, 4) is 11.1 Å². The predicted molar refractivity (Wildman–Crippen MR) is 119 cm³/mol. The second-order valence-electron chi connectivity index (χ2n) is 8.30. The molecule has 2 unspecified atom stereocenters. The predicted octanol–water partition coefficient (Wildman–Crippen LogP) is 6.52. The van der Waals surface area contributed by atoms with Crippen LogP contribution in [0.3, 0.4) is 0 Å². The number of allylic oxidation sites excluding steroid dienone is 4. The van der Waals surface area contributed by atoms with Crippen molar-refractivity contribution >= 4 is 16.3 Å². The number of fused-ring (bicyclic) bond motifs is 9. The lowest BCUT2D eigenvalue weighted by molar-refractivity contribution is 0.486. The molecule has 29 heavy (non-hydrogen) atoms. The first-order valence-electron chi connectivity index (χ1n) is 10.4. The van der Waals surface area contributed by atoms with E-state index >= 15 is 0 Å². The van der Waals surface area contributed by atoms with Crippen LogP contribution in [0.1, 0.15) is 28.8 Å². The van der Waals surface area contributed by atoms with Gasteiger partial charge in [0.25, 0.3) is 0 Å². The molecular formula is C28H19N. The molecule has 3 aliphatic rings. The fourth-order valence-corrected chi connectivity index (χ4v) is 6.19. The van der Waals surface area contributed by atoms with Crippen LogP contribution in [-0.2, 0) is 5.41 Å². The van der Waals surface area contributed by atoms with Gasteiger partial charge in [-0.1, -0.05) is 85.0 Å². The first kappa shape index (κ1) is 15.5. The second kappa shape index (κ2) is 5.33. The first-order valence-corrected chi connectivity index (χ1v) is 10.4. The maximum atomic E-state index is 4.88. The molecule has 3 aliphatic carbocycles. The van der Waals surface area contributed by atoms with Gasteiger partial charge in [-0.3, -0.25) is 4.98 Å². The molecule has 1 heterocycles. The Kier molecular flexibility index (Phi) is 2.84. The van der Waals surface area contributed by atoms with Crippen molar-refractivity contribution in [3.63, 3.8) is 0 Å². The van der Waals surface area contributed by atoms with E-state index in [4.69, 9.17) is 4.98 Å². The van der Waals surface area contributed by atoms with Gasteiger partial charge in [0.05, 0.1) is 11.1 Å². The van der Waals surface area contributed by atoms with E-state index in [1.165, 1.54) is 49.9 Å². The van der Waals surface area contributed by atoms with E-state index in [9.17, 15) is 0 Å². The van der Waals surface area contributed by atoms with Gasteiger partial charge < -0.3 is 0 Å². The summed E-state index contributed by atoms with van der Waals surface area (Å²) in [5.74, 6) is 0.373. The van der Waals surface area contributed by atoms with Crippen molar-refractivity contribution in [2.24, 2.45) is 5.92 Å². The van der Waals surface area contributed by atoms with Gasteiger partial charge in [-0.05, 0) is 56.6 Å². The van der Waals surface area contributed by atoms with Crippen LogP contribution in [-0.4, -0.2) is 4.98 Å². The van der Waals surface area contributed by atoms with Gasteiger partial charge >= 0.3 is 0 Å². The summed E-state index contributed by atoms with van der Waals surface area (Å²) in [4.78, 5) is 4.88. The van der Waals surface area contributed by atoms with Gasteiger partial charge in [-0.2, -0.15) is 0 Å². The van der Waals surface area contributed by atoms with Crippen LogP contribution in [0.2, 0.25) is 0 Å². The van der Waals surface area contributed by atoms with Crippen molar-refractivity contribution in [3.05, 3.63) is 120 Å². The smallest absolute Gasteiger partial charge is 0.0709 e. The SMILES string of the molecule is C1=CCC2C(=C1)c1ncccc1C21c2ccccc2-c2cccc3cccc1c23. The third-order valence-corrected chi connectivity index (χ3v) is 7.16. The van der Waals surface area contributed by atoms with Gasteiger partial charge in [-0.15, -0.1) is 0 Å². The van der Waals surface area contributed by atoms with Crippen LogP contribution in [0.15, 0.2) is 97.2 Å². The minimum atomic E-state index is -0.190. The number of benzene rings is 3. The number of aromatic nitrogens is 1. The Labute approximate surface area is 170 Å². The summed E-state index contributed by atoms with van der Waals surface area (Å²) in [6.07, 6.45) is 9.79. The van der Waals surface area contributed by atoms with E-state index in [1.807, 2.05) is 6.20 Å². The zero-order chi connectivity index (χ0) is 19.0. The number of hydrogen-bond donors (Lipinski definition) is 0. The topological polar surface area (TPSA) is 12.9 Å². The molecule has 0 saturated heterocycles. The number of hydrogen-bond acceptors (Lipinski definition) is 1. The maximum Gasteiger partial charge on any atom is 0.0709 e. The summed E-state index contributed by atoms with van der Waals surface area (Å²) in [6.45, 7) is 0. The summed E-state index contributed by atoms with van der Waals surface area (Å²) in [5, 5.41) is 2.72. The van der Waals surface area contributed by atoms with E-state index in [0.29, 0.717) is 5.92 Å². The molecule has 1 heteroatoms. The van der Waals surface area contributed by atoms with Crippen LogP contribution in [0.5, 0.6) is 0 Å². The molecule has 0 N–H and O–H groups in total. The van der Waals surface area contributed by atoms with Gasteiger partial charge in [0.1, 0.15) is 0 Å². The quantitative estimate of drug-likeness (QED) is 0.344. The molecule has 0 saturated carbocycles. The number of rotatable bonds is 0. The number of pyridine rings is 1. The van der Waals surface area contributed by atoms with Crippen LogP contribution in [0, 0.1) is 5.92 Å². The third-order valence-electron chi connectivity index (χ3n) is 7.16. The Balaban J connectivity index is 1.75. The highest BCUT2D eigenvalue weighted by Gasteiger charge is 2.55. The van der Waals surface area contributed by atoms with E-state index in [1.54, 1.807) is 0 Å². The largest absolute Gasteiger partial charge is 0.256 e. The Morgan fingerprint density at radius 3 is 2.52 bits per heavy atom. The third kappa shape index (κ3) is 1.71. The molecule has 3 aromatic carbocycles. The second-order valence-corrected chi connectivity index (χ2v) is 8.30. The van der Waals surface area contributed by atoms with Crippen molar-refractivity contribution in [2.75, 3.05) is 0 Å². The van der Waals surface area contributed by atoms with Crippen LogP contribution < -0.4 is 0 Å². The van der Waals surface area contributed by atoms with Crippen molar-refractivity contribution in [1.29, 1.82) is 0 Å². The maximum absolute atomic E-state index is 4.88. The molecule has 0 bridgehead atoms. The standard InChI is InChI=1S/C28H19N/c1-3-13-22-19(10-1)20-12-5-8-18-9-6-15-24(26(18)20)28(22)23-14-4-2-11-21(23)27-25(28)16-7-17-29-27/h1-13,15-17,23H,14H2. The van der Waals surface area contributed by atoms with E-state index in [0.717, 1.165) is 6.42 Å². The normalized spacial score (nSPS) is 22.9. The zero-order valence-corrected chi connectivity index (χ0v) is 16.0. The van der Waals surface area contributed by atoms with Gasteiger partial charge in [0.15, 0.2) is 0 Å². The molecule has 0 amide bonds. The summed E-state index contributed by atoms with van der Waals surface area (Å²) >= 11 is 0. The summed E-state index contributed by atoms with van der Waals surface area (Å²) in [6, 6.07) is 27.0. The molecule has 0 fully saturated rings. The van der Waals surface area contributed by atoms with E-state index < -0.39 is 0 Å². The molecule has 1 aromatic heterocycles. The molecule has 2 atom stereocenters. The highest BCUT2D eigenvalue weighted by molar-refractivity contribution is 6.05. The Hall–Kier alpha value is -3.45. The fourth-order valence-electron chi connectivity index (χ4n) is 6.19. The highest BCUT2D eigenvalue weighted by Crippen LogP contribution is 2.63. The van der Waals surface area contributed by atoms with Crippen LogP contribution in [0.25, 0.3) is 27.5 Å². The zero-order valence-electron chi connectivity index (χ0n) is 16.0. The summed E-state index contributed by atoms with van der Waals surface area (Å²) in [7, 11) is 0. The summed E-state index contributed by atoms with van der Waals surface area (Å²) in [5.41, 5.74) is 9.30. The molecular weight excluding hydrogens is 350 g/mol. The minimum absolute atomic E-state index is 0.190. The minimum Gasteiger partial charge on any atom is -0.256 e. The molecule has 0 aliphatic heterocycles. The fraction of sp³-hybridized carbons (Fsp3) is 0.107. The monoisotopic (exact) mass is 369 g/mol. The molecule has 7 rings (SSSR count). The lowest BCUT2D eigenvalue weighted by atomic mass is 9.58. The molecule has 136 valence electrons. The van der Waals surface area contributed by atoms with Gasteiger partial charge in [-0.25, -0.2) is 0 Å². The van der Waals surface area contributed by atoms with Crippen molar-refractivity contribution in [2.45, 2.75) is 11.8 Å².